The maximum Gasteiger partial charge on any atom is 1.00 e. The van der Waals surface area contributed by atoms with Gasteiger partial charge in [-0.2, -0.15) is 0 Å². The van der Waals surface area contributed by atoms with E-state index in [1.54, 1.807) is 0 Å². The zero-order chi connectivity index (χ0) is 4.28. The zero-order valence-corrected chi connectivity index (χ0v) is 8.74. The van der Waals surface area contributed by atoms with Gasteiger partial charge in [-0.05, 0) is 0 Å². The molecule has 0 rings (SSSR count). The Labute approximate surface area is 88.2 Å². The fourth-order valence-corrected chi connectivity index (χ4v) is 0. The number of hydrogen-bond acceptors (Lipinski definition) is 3. The first-order valence-corrected chi connectivity index (χ1v) is 1.79. The second kappa shape index (κ2) is 6.54. The van der Waals surface area contributed by atoms with Gasteiger partial charge in [0.15, 0.2) is 0 Å². The molecule has 0 saturated carbocycles. The van der Waals surface area contributed by atoms with E-state index in [1.807, 2.05) is 0 Å². The third kappa shape index (κ3) is 9.11. The smallest absolute Gasteiger partial charge is 1.00 e. The summed E-state index contributed by atoms with van der Waals surface area (Å²) in [7, 11) is 0. The molecule has 0 aromatic heterocycles. The molecule has 6 heavy (non-hydrogen) atoms. The van der Waals surface area contributed by atoms with Crippen LogP contribution >= 0.6 is 0 Å². The van der Waals surface area contributed by atoms with E-state index in [2.05, 4.69) is 3.53 Å². The third-order valence-corrected chi connectivity index (χ3v) is 0.482. The molecule has 0 N–H and O–H groups in total. The quantitative estimate of drug-likeness (QED) is 0.425. The van der Waals surface area contributed by atoms with E-state index in [9.17, 15) is 0 Å². The van der Waals surface area contributed by atoms with E-state index in [-0.39, 0.29) is 51.4 Å². The molecule has 0 aromatic carbocycles. The molecule has 0 amide bonds. The number of rotatable bonds is 0. The topological polar surface area (TPSA) is 49.4 Å². The second-order valence-electron chi connectivity index (χ2n) is 0.322. The van der Waals surface area contributed by atoms with Gasteiger partial charge >= 0.3 is 89.9 Å². The fourth-order valence-electron chi connectivity index (χ4n) is 0. The summed E-state index contributed by atoms with van der Waals surface area (Å²) in [4.78, 5) is 9.04. The van der Waals surface area contributed by atoms with E-state index in [4.69, 9.17) is 9.90 Å². The second-order valence-corrected chi connectivity index (χ2v) is 0.841. The molecule has 3 nitrogen and oxygen atoms in total. The Bertz CT molecular complexity index is 46.1. The van der Waals surface area contributed by atoms with Gasteiger partial charge in [0.25, 0.3) is 0 Å². The Hall–Kier alpha value is 1.54. The summed E-state index contributed by atoms with van der Waals surface area (Å²) in [5.41, 5.74) is 0. The molecule has 0 bridgehead atoms. The zero-order valence-electron chi connectivity index (χ0n) is 3.08. The van der Waals surface area contributed by atoms with Gasteiger partial charge in [0, 0.05) is 0 Å². The number of carbonyl (C=O) groups excluding carboxylic acids is 1. The first-order valence-electron chi connectivity index (χ1n) is 0.757. The van der Waals surface area contributed by atoms with E-state index in [0.717, 1.165) is 19.0 Å². The molecule has 0 aromatic rings. The first-order chi connectivity index (χ1) is 2.27. The molecule has 0 saturated heterocycles. The van der Waals surface area contributed by atoms with Crippen molar-refractivity contribution in [2.75, 3.05) is 0 Å². The Balaban J connectivity index is 0. The third-order valence-electron chi connectivity index (χ3n) is 0.0589. The van der Waals surface area contributed by atoms with Gasteiger partial charge in [0.2, 0.25) is 0 Å². The minimum absolute atomic E-state index is 0. The SMILES string of the molecule is O=C([O-])[O][Os].[K+]. The molecular formula is CKO3Os. The van der Waals surface area contributed by atoms with E-state index in [1.165, 1.54) is 0 Å². The van der Waals surface area contributed by atoms with E-state index >= 15 is 0 Å². The van der Waals surface area contributed by atoms with Gasteiger partial charge < -0.3 is 0 Å². The normalized spacial score (nSPS) is 5.50. The van der Waals surface area contributed by atoms with Crippen LogP contribution in [-0.4, -0.2) is 6.16 Å². The predicted octanol–water partition coefficient (Wildman–Crippen LogP) is -4.19. The molecule has 0 spiro atoms. The number of carbonyl (C=O) groups is 1. The molecule has 0 radical (unpaired) electrons. The van der Waals surface area contributed by atoms with Crippen LogP contribution in [0.3, 0.4) is 0 Å². The molecule has 0 atom stereocenters. The first kappa shape index (κ1) is 10.5. The standard InChI is InChI=1S/CH2O3.K.Os/c2-1(3)4;;/h(H2,2,3,4);;/q;2*+1/p-2. The summed E-state index contributed by atoms with van der Waals surface area (Å²) >= 11 is 0.872. The summed E-state index contributed by atoms with van der Waals surface area (Å²) in [6.07, 6.45) is -1.48. The number of carboxylic acid groups (broad SMARTS) is 1. The van der Waals surface area contributed by atoms with Crippen LogP contribution in [0.25, 0.3) is 0 Å². The Morgan fingerprint density at radius 3 is 2.00 bits per heavy atom. The molecule has 0 aliphatic rings. The summed E-state index contributed by atoms with van der Waals surface area (Å²) in [5, 5.41) is 9.04. The average Bonchev–Trinajstić information content (AvgIpc) is 1.38. The minimum atomic E-state index is -1.48. The van der Waals surface area contributed by atoms with Crippen LogP contribution in [0.1, 0.15) is 0 Å². The van der Waals surface area contributed by atoms with E-state index < -0.39 is 6.16 Å². The van der Waals surface area contributed by atoms with Crippen molar-refractivity contribution in [2.24, 2.45) is 0 Å². The minimum Gasteiger partial charge on any atom is 1.00 e. The predicted molar refractivity (Wildman–Crippen MR) is 6.48 cm³/mol. The van der Waals surface area contributed by atoms with Crippen molar-refractivity contribution < 1.29 is 83.8 Å². The Kier molecular flexibility index (Phi) is 11.5. The molecule has 5 heteroatoms. The van der Waals surface area contributed by atoms with Crippen LogP contribution in [-0.2, 0) is 22.5 Å². The molecule has 0 aliphatic carbocycles. The maximum atomic E-state index is 9.04. The molecule has 0 fully saturated rings. The van der Waals surface area contributed by atoms with Crippen molar-refractivity contribution in [1.29, 1.82) is 0 Å². The van der Waals surface area contributed by atoms with Crippen LogP contribution in [0.4, 0.5) is 4.79 Å². The molecular weight excluding hydrogens is 289 g/mol. The van der Waals surface area contributed by atoms with Crippen LogP contribution in [0.5, 0.6) is 0 Å². The van der Waals surface area contributed by atoms with E-state index in [0.29, 0.717) is 0 Å². The van der Waals surface area contributed by atoms with Gasteiger partial charge in [-0.3, -0.25) is 0 Å². The van der Waals surface area contributed by atoms with Gasteiger partial charge in [0.1, 0.15) is 0 Å². The van der Waals surface area contributed by atoms with Crippen molar-refractivity contribution in [3.05, 3.63) is 0 Å². The van der Waals surface area contributed by atoms with Crippen LogP contribution in [0.2, 0.25) is 0 Å². The molecule has 0 unspecified atom stereocenters. The monoisotopic (exact) mass is 291 g/mol. The van der Waals surface area contributed by atoms with Crippen molar-refractivity contribution in [3.8, 4) is 0 Å². The van der Waals surface area contributed by atoms with Crippen LogP contribution in [0.15, 0.2) is 0 Å². The Morgan fingerprint density at radius 2 is 2.00 bits per heavy atom. The average molecular weight is 289 g/mol. The van der Waals surface area contributed by atoms with Crippen LogP contribution < -0.4 is 56.5 Å². The summed E-state index contributed by atoms with van der Waals surface area (Å²) in [6.45, 7) is 0. The molecule has 31 valence electrons. The summed E-state index contributed by atoms with van der Waals surface area (Å²) in [5.74, 6) is 0. The molecule has 0 heterocycles. The summed E-state index contributed by atoms with van der Waals surface area (Å²) < 4.78 is 3.58. The van der Waals surface area contributed by atoms with Gasteiger partial charge in [-0.25, -0.2) is 0 Å². The number of hydrogen-bond donors (Lipinski definition) is 0. The van der Waals surface area contributed by atoms with Gasteiger partial charge in [-0.1, -0.05) is 0 Å². The van der Waals surface area contributed by atoms with Gasteiger partial charge in [-0.15, -0.1) is 0 Å². The largest absolute Gasteiger partial charge is 1.00 e. The van der Waals surface area contributed by atoms with Crippen molar-refractivity contribution in [2.45, 2.75) is 0 Å². The fraction of sp³-hybridized carbons (Fsp3) is 0. The Morgan fingerprint density at radius 1 is 1.83 bits per heavy atom. The van der Waals surface area contributed by atoms with Crippen molar-refractivity contribution >= 4 is 6.16 Å². The summed E-state index contributed by atoms with van der Waals surface area (Å²) in [6, 6.07) is 0. The van der Waals surface area contributed by atoms with Crippen molar-refractivity contribution in [3.63, 3.8) is 0 Å². The molecule has 0 aliphatic heterocycles. The van der Waals surface area contributed by atoms with Crippen molar-refractivity contribution in [1.82, 2.24) is 0 Å². The van der Waals surface area contributed by atoms with Crippen LogP contribution in [0, 0.1) is 0 Å². The maximum absolute atomic E-state index is 9.04. The van der Waals surface area contributed by atoms with Gasteiger partial charge in [0.05, 0.1) is 0 Å².